The molecule has 0 saturated carbocycles. The summed E-state index contributed by atoms with van der Waals surface area (Å²) in [6.07, 6.45) is 4.73. The molecule has 0 amide bonds. The van der Waals surface area contributed by atoms with Crippen LogP contribution in [-0.4, -0.2) is 20.1 Å². The molecule has 0 fully saturated rings. The molecule has 0 N–H and O–H groups in total. The molecule has 0 aliphatic rings. The Labute approximate surface area is 105 Å². The van der Waals surface area contributed by atoms with Crippen LogP contribution in [0.4, 0.5) is 0 Å². The third-order valence-corrected chi connectivity index (χ3v) is 3.36. The Kier molecular flexibility index (Phi) is 2.58. The monoisotopic (exact) mass is 264 g/mol. The summed E-state index contributed by atoms with van der Waals surface area (Å²) in [6, 6.07) is 1.79. The van der Waals surface area contributed by atoms with Crippen LogP contribution in [0.25, 0.3) is 22.3 Å². The average Bonchev–Trinajstić information content (AvgIpc) is 2.98. The molecule has 0 aromatic carbocycles. The first kappa shape index (κ1) is 10.4. The number of rotatable bonds is 2. The second-order valence-corrected chi connectivity index (χ2v) is 4.43. The summed E-state index contributed by atoms with van der Waals surface area (Å²) >= 11 is 7.43. The third kappa shape index (κ3) is 1.92. The van der Waals surface area contributed by atoms with E-state index in [4.69, 9.17) is 16.1 Å². The van der Waals surface area contributed by atoms with Gasteiger partial charge in [0.2, 0.25) is 5.82 Å². The van der Waals surface area contributed by atoms with Crippen molar-refractivity contribution >= 4 is 22.9 Å². The second-order valence-electron chi connectivity index (χ2n) is 3.11. The molecule has 3 heterocycles. The quantitative estimate of drug-likeness (QED) is 0.712. The SMILES string of the molecule is Clc1ccsc1-c1nc(-c2cnccn2)no1. The first-order valence-corrected chi connectivity index (χ1v) is 5.94. The van der Waals surface area contributed by atoms with E-state index in [0.717, 1.165) is 4.88 Å². The highest BCUT2D eigenvalue weighted by Gasteiger charge is 2.15. The number of halogens is 1. The van der Waals surface area contributed by atoms with Crippen LogP contribution in [0, 0.1) is 0 Å². The number of aromatic nitrogens is 4. The van der Waals surface area contributed by atoms with E-state index in [1.165, 1.54) is 11.3 Å². The summed E-state index contributed by atoms with van der Waals surface area (Å²) in [4.78, 5) is 13.0. The number of thiophene rings is 1. The number of nitrogens with zero attached hydrogens (tertiary/aromatic N) is 4. The molecule has 0 aliphatic carbocycles. The van der Waals surface area contributed by atoms with Gasteiger partial charge in [-0.1, -0.05) is 16.8 Å². The molecule has 0 radical (unpaired) electrons. The first-order valence-electron chi connectivity index (χ1n) is 4.68. The van der Waals surface area contributed by atoms with Crippen molar-refractivity contribution in [3.05, 3.63) is 35.1 Å². The topological polar surface area (TPSA) is 64.7 Å². The number of hydrogen-bond acceptors (Lipinski definition) is 6. The molecule has 5 nitrogen and oxygen atoms in total. The van der Waals surface area contributed by atoms with Crippen LogP contribution in [-0.2, 0) is 0 Å². The van der Waals surface area contributed by atoms with E-state index in [2.05, 4.69) is 20.1 Å². The molecule has 0 aliphatic heterocycles. The summed E-state index contributed by atoms with van der Waals surface area (Å²) < 4.78 is 5.14. The molecule has 7 heteroatoms. The highest BCUT2D eigenvalue weighted by Crippen LogP contribution is 2.32. The van der Waals surface area contributed by atoms with Crippen molar-refractivity contribution in [3.8, 4) is 22.3 Å². The average molecular weight is 265 g/mol. The van der Waals surface area contributed by atoms with Crippen LogP contribution in [0.1, 0.15) is 0 Å². The molecule has 0 bridgehead atoms. The van der Waals surface area contributed by atoms with Gasteiger partial charge in [-0.05, 0) is 11.4 Å². The van der Waals surface area contributed by atoms with Crippen LogP contribution >= 0.6 is 22.9 Å². The summed E-state index contributed by atoms with van der Waals surface area (Å²) in [7, 11) is 0. The second kappa shape index (κ2) is 4.23. The molecule has 17 heavy (non-hydrogen) atoms. The van der Waals surface area contributed by atoms with E-state index < -0.39 is 0 Å². The summed E-state index contributed by atoms with van der Waals surface area (Å²) in [6.45, 7) is 0. The van der Waals surface area contributed by atoms with Crippen molar-refractivity contribution < 1.29 is 4.52 Å². The molecule has 3 aromatic heterocycles. The fourth-order valence-electron chi connectivity index (χ4n) is 1.28. The summed E-state index contributed by atoms with van der Waals surface area (Å²) in [5, 5.41) is 6.31. The highest BCUT2D eigenvalue weighted by molar-refractivity contribution is 7.14. The predicted molar refractivity (Wildman–Crippen MR) is 63.6 cm³/mol. The van der Waals surface area contributed by atoms with Gasteiger partial charge in [-0.25, -0.2) is 4.98 Å². The maximum absolute atomic E-state index is 5.98. The molecule has 3 rings (SSSR count). The van der Waals surface area contributed by atoms with Crippen molar-refractivity contribution in [3.63, 3.8) is 0 Å². The lowest BCUT2D eigenvalue weighted by atomic mass is 10.4. The Morgan fingerprint density at radius 1 is 1.29 bits per heavy atom. The van der Waals surface area contributed by atoms with Crippen molar-refractivity contribution in [2.75, 3.05) is 0 Å². The van der Waals surface area contributed by atoms with E-state index >= 15 is 0 Å². The van der Waals surface area contributed by atoms with Crippen molar-refractivity contribution in [1.82, 2.24) is 20.1 Å². The van der Waals surface area contributed by atoms with Gasteiger partial charge in [-0.15, -0.1) is 11.3 Å². The maximum atomic E-state index is 5.98. The lowest BCUT2D eigenvalue weighted by Gasteiger charge is -1.89. The van der Waals surface area contributed by atoms with E-state index in [1.54, 1.807) is 24.7 Å². The highest BCUT2D eigenvalue weighted by atomic mass is 35.5. The van der Waals surface area contributed by atoms with Gasteiger partial charge in [0.1, 0.15) is 10.6 Å². The van der Waals surface area contributed by atoms with Gasteiger partial charge in [0.25, 0.3) is 5.89 Å². The largest absolute Gasteiger partial charge is 0.333 e. The normalized spacial score (nSPS) is 10.6. The van der Waals surface area contributed by atoms with Gasteiger partial charge in [-0.3, -0.25) is 4.98 Å². The Morgan fingerprint density at radius 3 is 2.94 bits per heavy atom. The van der Waals surface area contributed by atoms with Gasteiger partial charge in [0, 0.05) is 12.4 Å². The molecular formula is C10H5ClN4OS. The third-order valence-electron chi connectivity index (χ3n) is 2.03. The molecule has 0 unspecified atom stereocenters. The van der Waals surface area contributed by atoms with Gasteiger partial charge in [-0.2, -0.15) is 4.98 Å². The number of hydrogen-bond donors (Lipinski definition) is 0. The van der Waals surface area contributed by atoms with E-state index in [0.29, 0.717) is 22.4 Å². The lowest BCUT2D eigenvalue weighted by Crippen LogP contribution is -1.85. The van der Waals surface area contributed by atoms with Crippen LogP contribution in [0.2, 0.25) is 5.02 Å². The fourth-order valence-corrected chi connectivity index (χ4v) is 2.34. The first-order chi connectivity index (χ1) is 8.34. The van der Waals surface area contributed by atoms with Crippen molar-refractivity contribution in [1.29, 1.82) is 0 Å². The van der Waals surface area contributed by atoms with Crippen molar-refractivity contribution in [2.24, 2.45) is 0 Å². The Balaban J connectivity index is 2.02. The van der Waals surface area contributed by atoms with Gasteiger partial charge in [0.15, 0.2) is 0 Å². The minimum absolute atomic E-state index is 0.394. The van der Waals surface area contributed by atoms with Crippen LogP contribution < -0.4 is 0 Å². The minimum atomic E-state index is 0.394. The van der Waals surface area contributed by atoms with Crippen LogP contribution in [0.3, 0.4) is 0 Å². The zero-order valence-electron chi connectivity index (χ0n) is 8.37. The smallest absolute Gasteiger partial charge is 0.269 e. The summed E-state index contributed by atoms with van der Waals surface area (Å²) in [5.41, 5.74) is 0.565. The van der Waals surface area contributed by atoms with E-state index in [9.17, 15) is 0 Å². The molecular weight excluding hydrogens is 260 g/mol. The fraction of sp³-hybridized carbons (Fsp3) is 0. The van der Waals surface area contributed by atoms with Crippen LogP contribution in [0.5, 0.6) is 0 Å². The molecule has 84 valence electrons. The van der Waals surface area contributed by atoms with Crippen molar-refractivity contribution in [2.45, 2.75) is 0 Å². The molecule has 3 aromatic rings. The van der Waals surface area contributed by atoms with Gasteiger partial charge in [0.05, 0.1) is 11.2 Å². The zero-order chi connectivity index (χ0) is 11.7. The summed E-state index contributed by atoms with van der Waals surface area (Å²) in [5.74, 6) is 0.795. The Bertz CT molecular complexity index is 637. The Morgan fingerprint density at radius 2 is 2.24 bits per heavy atom. The predicted octanol–water partition coefficient (Wildman–Crippen LogP) is 2.91. The van der Waals surface area contributed by atoms with E-state index in [-0.39, 0.29) is 0 Å². The Hall–Kier alpha value is -1.79. The van der Waals surface area contributed by atoms with Gasteiger partial charge >= 0.3 is 0 Å². The zero-order valence-corrected chi connectivity index (χ0v) is 9.94. The lowest BCUT2D eigenvalue weighted by molar-refractivity contribution is 0.433. The molecule has 0 spiro atoms. The van der Waals surface area contributed by atoms with Gasteiger partial charge < -0.3 is 4.52 Å². The standard InChI is InChI=1S/C10H5ClN4OS/c11-6-1-4-17-8(6)10-14-9(15-16-10)7-5-12-2-3-13-7/h1-5H. The van der Waals surface area contributed by atoms with E-state index in [1.807, 2.05) is 5.38 Å². The maximum Gasteiger partial charge on any atom is 0.269 e. The van der Waals surface area contributed by atoms with Crippen LogP contribution in [0.15, 0.2) is 34.6 Å². The minimum Gasteiger partial charge on any atom is -0.333 e. The molecule has 0 saturated heterocycles. The molecule has 0 atom stereocenters.